The summed E-state index contributed by atoms with van der Waals surface area (Å²) in [5.41, 5.74) is 2.78. The minimum atomic E-state index is 0. The standard InChI is InChI=1S/C25H29N3OS.ClH/c29-19-28-12-5-9-23(28)25-18-21-22(8-4-10-24(21)30-25)27-16-14-26(15-17-27)13-11-20-6-2-1-3-7-20;/h1-4,6-8,10,18-19,23H,5,9,11-17H2;1H. The van der Waals surface area contributed by atoms with Crippen LogP contribution in [0.1, 0.15) is 29.3 Å². The van der Waals surface area contributed by atoms with E-state index in [9.17, 15) is 4.79 Å². The van der Waals surface area contributed by atoms with Crippen LogP contribution in [0.15, 0.2) is 54.6 Å². The van der Waals surface area contributed by atoms with E-state index in [-0.39, 0.29) is 18.4 Å². The first-order valence-electron chi connectivity index (χ1n) is 11.1. The third kappa shape index (κ3) is 4.74. The van der Waals surface area contributed by atoms with Gasteiger partial charge in [-0.3, -0.25) is 9.69 Å². The molecular weight excluding hydrogens is 426 g/mol. The van der Waals surface area contributed by atoms with Gasteiger partial charge in [-0.15, -0.1) is 23.7 Å². The summed E-state index contributed by atoms with van der Waals surface area (Å²) in [6.07, 6.45) is 4.34. The van der Waals surface area contributed by atoms with Crippen molar-refractivity contribution >= 4 is 45.9 Å². The number of benzene rings is 2. The second-order valence-corrected chi connectivity index (χ2v) is 9.52. The molecule has 6 heteroatoms. The number of carbonyl (C=O) groups excluding carboxylic acids is 1. The van der Waals surface area contributed by atoms with Crippen molar-refractivity contribution in [3.63, 3.8) is 0 Å². The third-order valence-electron chi connectivity index (χ3n) is 6.59. The van der Waals surface area contributed by atoms with Crippen molar-refractivity contribution < 1.29 is 4.79 Å². The number of thiophene rings is 1. The maximum atomic E-state index is 11.4. The molecule has 1 amide bonds. The van der Waals surface area contributed by atoms with Gasteiger partial charge in [0, 0.05) is 59.9 Å². The number of amides is 1. The summed E-state index contributed by atoms with van der Waals surface area (Å²) >= 11 is 1.86. The minimum absolute atomic E-state index is 0. The summed E-state index contributed by atoms with van der Waals surface area (Å²) in [6.45, 7) is 6.39. The lowest BCUT2D eigenvalue weighted by Gasteiger charge is -2.36. The Kier molecular flexibility index (Phi) is 7.16. The zero-order chi connectivity index (χ0) is 20.3. The molecule has 0 radical (unpaired) electrons. The highest BCUT2D eigenvalue weighted by Gasteiger charge is 2.27. The van der Waals surface area contributed by atoms with E-state index in [2.05, 4.69) is 64.4 Å². The molecule has 0 spiro atoms. The van der Waals surface area contributed by atoms with Crippen molar-refractivity contribution in [2.45, 2.75) is 25.3 Å². The Hall–Kier alpha value is -2.08. The average Bonchev–Trinajstić information content (AvgIpc) is 3.45. The molecule has 2 aliphatic rings. The quantitative estimate of drug-likeness (QED) is 0.490. The fourth-order valence-corrected chi connectivity index (χ4v) is 6.11. The highest BCUT2D eigenvalue weighted by molar-refractivity contribution is 7.19. The molecule has 3 aromatic rings. The van der Waals surface area contributed by atoms with Crippen molar-refractivity contribution in [2.24, 2.45) is 0 Å². The Bertz CT molecular complexity index is 1000. The van der Waals surface area contributed by atoms with Crippen LogP contribution in [0.3, 0.4) is 0 Å². The largest absolute Gasteiger partial charge is 0.368 e. The maximum absolute atomic E-state index is 11.4. The normalized spacial score (nSPS) is 19.5. The van der Waals surface area contributed by atoms with Crippen LogP contribution in [0, 0.1) is 0 Å². The second-order valence-electron chi connectivity index (χ2n) is 8.40. The van der Waals surface area contributed by atoms with Crippen LogP contribution in [0.25, 0.3) is 10.1 Å². The number of halogens is 1. The minimum Gasteiger partial charge on any atom is -0.368 e. The highest BCUT2D eigenvalue weighted by atomic mass is 35.5. The Morgan fingerprint density at radius 1 is 0.968 bits per heavy atom. The number of nitrogens with zero attached hydrogens (tertiary/aromatic N) is 3. The molecule has 0 saturated carbocycles. The predicted molar refractivity (Wildman–Crippen MR) is 133 cm³/mol. The zero-order valence-corrected chi connectivity index (χ0v) is 19.4. The number of anilines is 1. The van der Waals surface area contributed by atoms with Crippen molar-refractivity contribution in [1.82, 2.24) is 9.80 Å². The number of hydrogen-bond acceptors (Lipinski definition) is 4. The highest BCUT2D eigenvalue weighted by Crippen LogP contribution is 2.40. The van der Waals surface area contributed by atoms with Crippen LogP contribution in [-0.2, 0) is 11.2 Å². The van der Waals surface area contributed by atoms with E-state index in [0.29, 0.717) is 0 Å². The summed E-state index contributed by atoms with van der Waals surface area (Å²) in [4.78, 5) is 19.8. The Morgan fingerprint density at radius 3 is 2.55 bits per heavy atom. The monoisotopic (exact) mass is 455 g/mol. The summed E-state index contributed by atoms with van der Waals surface area (Å²) in [7, 11) is 0. The first-order valence-corrected chi connectivity index (χ1v) is 11.9. The van der Waals surface area contributed by atoms with Crippen LogP contribution in [0.2, 0.25) is 0 Å². The molecule has 1 atom stereocenters. The topological polar surface area (TPSA) is 26.8 Å². The van der Waals surface area contributed by atoms with Crippen LogP contribution in [0.4, 0.5) is 5.69 Å². The van der Waals surface area contributed by atoms with E-state index >= 15 is 0 Å². The number of rotatable bonds is 6. The third-order valence-corrected chi connectivity index (χ3v) is 7.79. The molecular formula is C25H30ClN3OS. The van der Waals surface area contributed by atoms with E-state index in [4.69, 9.17) is 0 Å². The van der Waals surface area contributed by atoms with Crippen LogP contribution in [-0.4, -0.2) is 55.5 Å². The van der Waals surface area contributed by atoms with Gasteiger partial charge in [0.15, 0.2) is 0 Å². The molecule has 164 valence electrons. The smallest absolute Gasteiger partial charge is 0.210 e. The van der Waals surface area contributed by atoms with Gasteiger partial charge in [0.05, 0.1) is 6.04 Å². The summed E-state index contributed by atoms with van der Waals surface area (Å²) in [5.74, 6) is 0. The van der Waals surface area contributed by atoms with Gasteiger partial charge in [0.25, 0.3) is 0 Å². The van der Waals surface area contributed by atoms with Gasteiger partial charge >= 0.3 is 0 Å². The Morgan fingerprint density at radius 2 is 1.77 bits per heavy atom. The fraction of sp³-hybridized carbons (Fsp3) is 0.400. The molecule has 31 heavy (non-hydrogen) atoms. The molecule has 1 aromatic heterocycles. The van der Waals surface area contributed by atoms with Gasteiger partial charge < -0.3 is 9.80 Å². The van der Waals surface area contributed by atoms with Gasteiger partial charge in [-0.05, 0) is 43.0 Å². The number of fused-ring (bicyclic) bond motifs is 1. The van der Waals surface area contributed by atoms with Crippen molar-refractivity contribution in [1.29, 1.82) is 0 Å². The van der Waals surface area contributed by atoms with Crippen LogP contribution >= 0.6 is 23.7 Å². The van der Waals surface area contributed by atoms with E-state index in [0.717, 1.165) is 64.9 Å². The predicted octanol–water partition coefficient (Wildman–Crippen LogP) is 4.98. The van der Waals surface area contributed by atoms with E-state index in [1.807, 2.05) is 16.2 Å². The number of hydrogen-bond donors (Lipinski definition) is 0. The Balaban J connectivity index is 0.00000231. The fourth-order valence-electron chi connectivity index (χ4n) is 4.87. The lowest BCUT2D eigenvalue weighted by atomic mass is 10.1. The van der Waals surface area contributed by atoms with Crippen molar-refractivity contribution in [2.75, 3.05) is 44.2 Å². The molecule has 2 aromatic carbocycles. The lowest BCUT2D eigenvalue weighted by molar-refractivity contribution is -0.118. The molecule has 2 aliphatic heterocycles. The molecule has 5 rings (SSSR count). The molecule has 0 bridgehead atoms. The van der Waals surface area contributed by atoms with Gasteiger partial charge in [-0.25, -0.2) is 0 Å². The van der Waals surface area contributed by atoms with Crippen LogP contribution < -0.4 is 4.90 Å². The molecule has 1 unspecified atom stereocenters. The number of piperazine rings is 1. The zero-order valence-electron chi connectivity index (χ0n) is 17.8. The molecule has 4 nitrogen and oxygen atoms in total. The average molecular weight is 456 g/mol. The molecule has 2 fully saturated rings. The van der Waals surface area contributed by atoms with E-state index < -0.39 is 0 Å². The first kappa shape index (κ1) is 22.1. The molecule has 3 heterocycles. The van der Waals surface area contributed by atoms with E-state index in [1.165, 1.54) is 26.2 Å². The first-order chi connectivity index (χ1) is 14.8. The second kappa shape index (κ2) is 10.0. The Labute approximate surface area is 194 Å². The van der Waals surface area contributed by atoms with E-state index in [1.54, 1.807) is 0 Å². The molecule has 2 saturated heterocycles. The van der Waals surface area contributed by atoms with Gasteiger partial charge in [-0.2, -0.15) is 0 Å². The summed E-state index contributed by atoms with van der Waals surface area (Å²) in [5, 5.41) is 1.35. The lowest BCUT2D eigenvalue weighted by Crippen LogP contribution is -2.47. The SMILES string of the molecule is Cl.O=CN1CCCC1c1cc2c(N3CCN(CCc4ccccc4)CC3)cccc2s1. The molecule has 0 aliphatic carbocycles. The number of carbonyl (C=O) groups is 1. The maximum Gasteiger partial charge on any atom is 0.210 e. The summed E-state index contributed by atoms with van der Waals surface area (Å²) < 4.78 is 1.34. The van der Waals surface area contributed by atoms with Crippen LogP contribution in [0.5, 0.6) is 0 Å². The number of likely N-dealkylation sites (tertiary alicyclic amines) is 1. The van der Waals surface area contributed by atoms with Crippen molar-refractivity contribution in [3.05, 3.63) is 65.0 Å². The van der Waals surface area contributed by atoms with Crippen molar-refractivity contribution in [3.8, 4) is 0 Å². The molecule has 0 N–H and O–H groups in total. The van der Waals surface area contributed by atoms with Gasteiger partial charge in [0.2, 0.25) is 6.41 Å². The summed E-state index contributed by atoms with van der Waals surface area (Å²) in [6, 6.07) is 20.1. The van der Waals surface area contributed by atoms with Gasteiger partial charge in [-0.1, -0.05) is 36.4 Å². The van der Waals surface area contributed by atoms with Gasteiger partial charge in [0.1, 0.15) is 0 Å².